The van der Waals surface area contributed by atoms with Gasteiger partial charge in [-0.3, -0.25) is 19.2 Å². The number of methoxy groups -OCH3 is 1. The summed E-state index contributed by atoms with van der Waals surface area (Å²) in [5.41, 5.74) is 4.71. The van der Waals surface area contributed by atoms with E-state index in [0.29, 0.717) is 28.5 Å². The van der Waals surface area contributed by atoms with Crippen LogP contribution >= 0.6 is 0 Å². The summed E-state index contributed by atoms with van der Waals surface area (Å²) in [6, 6.07) is 25.8. The highest BCUT2D eigenvalue weighted by atomic mass is 16.6. The maximum atomic E-state index is 11.9. The Labute approximate surface area is 353 Å². The highest BCUT2D eigenvalue weighted by molar-refractivity contribution is 5.94. The van der Waals surface area contributed by atoms with Crippen LogP contribution in [0.15, 0.2) is 91.0 Å². The van der Waals surface area contributed by atoms with Crippen LogP contribution in [0.25, 0.3) is 0 Å². The van der Waals surface area contributed by atoms with Crippen molar-refractivity contribution in [1.29, 1.82) is 0 Å². The lowest BCUT2D eigenvalue weighted by Gasteiger charge is -2.11. The van der Waals surface area contributed by atoms with Gasteiger partial charge in [-0.05, 0) is 118 Å². The van der Waals surface area contributed by atoms with Crippen molar-refractivity contribution in [2.24, 2.45) is 17.8 Å². The molecule has 0 saturated heterocycles. The molecule has 3 amide bonds. The molecule has 0 radical (unpaired) electrons. The molecule has 4 aromatic rings. The summed E-state index contributed by atoms with van der Waals surface area (Å²) >= 11 is 0. The number of anilines is 3. The first-order valence-electron chi connectivity index (χ1n) is 19.9. The van der Waals surface area contributed by atoms with E-state index in [2.05, 4.69) is 20.7 Å². The van der Waals surface area contributed by atoms with Crippen LogP contribution in [-0.4, -0.2) is 49.3 Å². The lowest BCUT2D eigenvalue weighted by Crippen LogP contribution is -2.19. The number of amides is 3. The topological polar surface area (TPSA) is 175 Å². The van der Waals surface area contributed by atoms with Crippen molar-refractivity contribution in [1.82, 2.24) is 0 Å². The number of carbonyl (C=O) groups is 6. The largest absolute Gasteiger partial charge is 0.482 e. The molecule has 4 aromatic carbocycles. The molecule has 13 nitrogen and oxygen atoms in total. The Hall–Kier alpha value is -6.50. The number of hydrogen-bond acceptors (Lipinski definition) is 10. The number of rotatable bonds is 15. The molecule has 0 bridgehead atoms. The van der Waals surface area contributed by atoms with Crippen LogP contribution in [0, 0.1) is 31.6 Å². The van der Waals surface area contributed by atoms with Crippen LogP contribution in [-0.2, 0) is 28.7 Å². The highest BCUT2D eigenvalue weighted by Crippen LogP contribution is 2.21. The van der Waals surface area contributed by atoms with E-state index in [4.69, 9.17) is 14.2 Å². The lowest BCUT2D eigenvalue weighted by molar-refractivity contribution is -0.139. The van der Waals surface area contributed by atoms with Gasteiger partial charge in [0.2, 0.25) is 17.7 Å². The number of benzene rings is 4. The third kappa shape index (κ3) is 18.0. The van der Waals surface area contributed by atoms with Gasteiger partial charge in [-0.1, -0.05) is 59.2 Å². The van der Waals surface area contributed by atoms with E-state index in [1.54, 1.807) is 72.8 Å². The number of esters is 3. The molecule has 0 fully saturated rings. The molecule has 3 unspecified atom stereocenters. The number of carbonyl (C=O) groups excluding carboxylic acids is 6. The summed E-state index contributed by atoms with van der Waals surface area (Å²) < 4.78 is 20.6. The number of ether oxygens (including phenoxy) is 4. The molecule has 3 N–H and O–H groups in total. The van der Waals surface area contributed by atoms with Gasteiger partial charge in [-0.25, -0.2) is 9.59 Å². The molecule has 60 heavy (non-hydrogen) atoms. The van der Waals surface area contributed by atoms with Gasteiger partial charge in [0.15, 0.2) is 6.61 Å². The second-order valence-corrected chi connectivity index (χ2v) is 14.2. The van der Waals surface area contributed by atoms with Crippen LogP contribution in [0.4, 0.5) is 17.1 Å². The first kappa shape index (κ1) is 49.6. The maximum absolute atomic E-state index is 11.9. The molecule has 0 heterocycles. The minimum atomic E-state index is -0.505. The average Bonchev–Trinajstić information content (AvgIpc) is 3.23. The maximum Gasteiger partial charge on any atom is 0.349 e. The molecular weight excluding hydrogens is 767 g/mol. The van der Waals surface area contributed by atoms with Crippen molar-refractivity contribution in [3.8, 4) is 17.2 Å². The zero-order valence-corrected chi connectivity index (χ0v) is 36.3. The summed E-state index contributed by atoms with van der Waals surface area (Å²) in [7, 11) is 1.33. The first-order chi connectivity index (χ1) is 28.5. The van der Waals surface area contributed by atoms with Gasteiger partial charge in [0.25, 0.3) is 0 Å². The minimum absolute atomic E-state index is 0.00465. The molecule has 0 aromatic heterocycles. The molecule has 3 atom stereocenters. The van der Waals surface area contributed by atoms with Crippen molar-refractivity contribution in [2.45, 2.75) is 81.6 Å². The molecule has 0 aliphatic heterocycles. The predicted octanol–water partition coefficient (Wildman–Crippen LogP) is 9.33. The third-order valence-electron chi connectivity index (χ3n) is 9.13. The van der Waals surface area contributed by atoms with Gasteiger partial charge < -0.3 is 34.9 Å². The third-order valence-corrected chi connectivity index (χ3v) is 9.13. The molecule has 4 rings (SSSR count). The Bertz CT molecular complexity index is 2010. The summed E-state index contributed by atoms with van der Waals surface area (Å²) in [6.07, 6.45) is 2.33. The number of aryl methyl sites for hydroxylation is 2. The van der Waals surface area contributed by atoms with Crippen LogP contribution < -0.4 is 30.2 Å². The fourth-order valence-corrected chi connectivity index (χ4v) is 4.77. The van der Waals surface area contributed by atoms with Crippen LogP contribution in [0.2, 0.25) is 0 Å². The second-order valence-electron chi connectivity index (χ2n) is 14.2. The number of hydrogen-bond donors (Lipinski definition) is 3. The molecule has 322 valence electrons. The highest BCUT2D eigenvalue weighted by Gasteiger charge is 2.15. The zero-order valence-electron chi connectivity index (χ0n) is 36.3. The van der Waals surface area contributed by atoms with E-state index in [9.17, 15) is 28.8 Å². The van der Waals surface area contributed by atoms with Crippen LogP contribution in [0.3, 0.4) is 0 Å². The fourth-order valence-electron chi connectivity index (χ4n) is 4.77. The van der Waals surface area contributed by atoms with Gasteiger partial charge >= 0.3 is 17.9 Å². The van der Waals surface area contributed by atoms with E-state index in [0.717, 1.165) is 41.8 Å². The Morgan fingerprint density at radius 1 is 0.583 bits per heavy atom. The monoisotopic (exact) mass is 825 g/mol. The van der Waals surface area contributed by atoms with E-state index < -0.39 is 5.97 Å². The van der Waals surface area contributed by atoms with Gasteiger partial charge in [0.05, 0.1) is 18.6 Å². The van der Waals surface area contributed by atoms with Crippen molar-refractivity contribution in [2.75, 3.05) is 29.7 Å². The van der Waals surface area contributed by atoms with Crippen LogP contribution in [0.1, 0.15) is 89.2 Å². The van der Waals surface area contributed by atoms with Crippen molar-refractivity contribution in [3.05, 3.63) is 108 Å². The van der Waals surface area contributed by atoms with Gasteiger partial charge in [0.1, 0.15) is 17.2 Å². The van der Waals surface area contributed by atoms with Crippen LogP contribution in [0.5, 0.6) is 17.2 Å². The molecule has 0 spiro atoms. The predicted molar refractivity (Wildman–Crippen MR) is 233 cm³/mol. The second kappa shape index (κ2) is 25.8. The zero-order chi connectivity index (χ0) is 44.8. The molecule has 0 aliphatic carbocycles. The Balaban J connectivity index is 0.000000322. The summed E-state index contributed by atoms with van der Waals surface area (Å²) in [5, 5.41) is 8.27. The van der Waals surface area contributed by atoms with Gasteiger partial charge in [-0.2, -0.15) is 0 Å². The van der Waals surface area contributed by atoms with Crippen molar-refractivity contribution < 1.29 is 47.7 Å². The average molecular weight is 826 g/mol. The quantitative estimate of drug-likeness (QED) is 0.0774. The van der Waals surface area contributed by atoms with Gasteiger partial charge in [0, 0.05) is 35.8 Å². The van der Waals surface area contributed by atoms with E-state index in [-0.39, 0.29) is 54.0 Å². The lowest BCUT2D eigenvalue weighted by atomic mass is 10.1. The molecule has 13 heteroatoms. The Kier molecular flexibility index (Phi) is 21.3. The van der Waals surface area contributed by atoms with Crippen molar-refractivity contribution in [3.63, 3.8) is 0 Å². The smallest absolute Gasteiger partial charge is 0.349 e. The number of nitrogens with one attached hydrogen (secondary N) is 3. The molecule has 0 saturated carbocycles. The molecular formula is C47H59N3O10. The standard InChI is InChI=1S/C21H24O5.C13H18N2O2.C13H17NO3/c1-5-15(3)21(23)26-18-9-7-17(8-10-18)25-20(22)13-24-19-11-6-14(2)12-16(19)4;1-4-9(2)13(17)15-12-7-5-11(6-8-12)14-10(3)16;1-4-9(2)12(15)14-11-7-5-10(6-8-11)13(16)17-3/h6-12,15H,5,13H2,1-4H3;5-9H,4H2,1-3H3,(H,14,16)(H,15,17);5-9H,4H2,1-3H3,(H,14,15). The normalized spacial score (nSPS) is 11.6. The summed E-state index contributed by atoms with van der Waals surface area (Å²) in [4.78, 5) is 68.9. The van der Waals surface area contributed by atoms with E-state index in [1.165, 1.54) is 14.0 Å². The van der Waals surface area contributed by atoms with Crippen molar-refractivity contribution >= 4 is 52.7 Å². The Morgan fingerprint density at radius 3 is 1.47 bits per heavy atom. The SMILES string of the molecule is CCC(C)C(=O)Nc1ccc(C(=O)OC)cc1.CCC(C)C(=O)Nc1ccc(NC(C)=O)cc1.CCC(C)C(=O)Oc1ccc(OC(=O)COc2ccc(C)cc2C)cc1. The first-order valence-corrected chi connectivity index (χ1v) is 19.9. The Morgan fingerprint density at radius 2 is 1.03 bits per heavy atom. The van der Waals surface area contributed by atoms with E-state index >= 15 is 0 Å². The van der Waals surface area contributed by atoms with E-state index in [1.807, 2.05) is 73.6 Å². The fraction of sp³-hybridized carbons (Fsp3) is 0.362. The summed E-state index contributed by atoms with van der Waals surface area (Å²) in [5.74, 6) is -0.0167. The molecule has 0 aliphatic rings. The summed E-state index contributed by atoms with van der Waals surface area (Å²) in [6.45, 7) is 16.6. The van der Waals surface area contributed by atoms with Gasteiger partial charge in [-0.15, -0.1) is 0 Å². The minimum Gasteiger partial charge on any atom is -0.482 e.